The quantitative estimate of drug-likeness (QED) is 0.595. The van der Waals surface area contributed by atoms with Crippen molar-refractivity contribution in [3.63, 3.8) is 0 Å². The van der Waals surface area contributed by atoms with Crippen molar-refractivity contribution in [2.45, 2.75) is 26.2 Å². The maximum absolute atomic E-state index is 12.6. The summed E-state index contributed by atoms with van der Waals surface area (Å²) in [6.45, 7) is 4.05. The number of carbonyl (C=O) groups excluding carboxylic acids is 2. The van der Waals surface area contributed by atoms with E-state index in [1.165, 1.54) is 12.8 Å². The molecule has 1 saturated heterocycles. The number of aromatic nitrogens is 1. The minimum atomic E-state index is -0.0677. The van der Waals surface area contributed by atoms with Crippen molar-refractivity contribution in [1.82, 2.24) is 14.8 Å². The summed E-state index contributed by atoms with van der Waals surface area (Å²) >= 11 is 0. The van der Waals surface area contributed by atoms with Gasteiger partial charge in [0, 0.05) is 56.6 Å². The predicted octanol–water partition coefficient (Wildman–Crippen LogP) is 2.92. The summed E-state index contributed by atoms with van der Waals surface area (Å²) in [6.07, 6.45) is 17.9. The molecular weight excluding hydrogens is 338 g/mol. The summed E-state index contributed by atoms with van der Waals surface area (Å²) < 4.78 is 1.96. The van der Waals surface area contributed by atoms with Gasteiger partial charge in [0.25, 0.3) is 0 Å². The Hall–Kier alpha value is -2.56. The lowest BCUT2D eigenvalue weighted by Crippen LogP contribution is -2.41. The molecule has 1 aromatic heterocycles. The molecule has 144 valence electrons. The molecule has 5 nitrogen and oxygen atoms in total. The van der Waals surface area contributed by atoms with Crippen LogP contribution in [0.3, 0.4) is 0 Å². The molecule has 1 unspecified atom stereocenters. The first-order valence-electron chi connectivity index (χ1n) is 9.68. The highest BCUT2D eigenvalue weighted by molar-refractivity contribution is 5.92. The van der Waals surface area contributed by atoms with Gasteiger partial charge in [-0.3, -0.25) is 9.59 Å². The largest absolute Gasteiger partial charge is 0.357 e. The normalized spacial score (nSPS) is 23.1. The zero-order valence-electron chi connectivity index (χ0n) is 16.2. The average Bonchev–Trinajstić information content (AvgIpc) is 3.30. The van der Waals surface area contributed by atoms with E-state index in [-0.39, 0.29) is 17.2 Å². The van der Waals surface area contributed by atoms with E-state index in [4.69, 9.17) is 0 Å². The fourth-order valence-corrected chi connectivity index (χ4v) is 3.87. The number of amides is 2. The van der Waals surface area contributed by atoms with Crippen LogP contribution >= 0.6 is 0 Å². The van der Waals surface area contributed by atoms with E-state index >= 15 is 0 Å². The Balaban J connectivity index is 1.57. The third-order valence-electron chi connectivity index (χ3n) is 5.58. The number of allylic oxidation sites excluding steroid dienone is 3. The molecule has 2 heterocycles. The van der Waals surface area contributed by atoms with Gasteiger partial charge >= 0.3 is 0 Å². The predicted molar refractivity (Wildman–Crippen MR) is 108 cm³/mol. The van der Waals surface area contributed by atoms with Gasteiger partial charge in [-0.05, 0) is 49.8 Å². The van der Waals surface area contributed by atoms with E-state index in [2.05, 4.69) is 5.32 Å². The lowest BCUT2D eigenvalue weighted by atomic mass is 9.81. The van der Waals surface area contributed by atoms with Crippen LogP contribution in [0.15, 0.2) is 48.8 Å². The van der Waals surface area contributed by atoms with E-state index < -0.39 is 0 Å². The molecule has 1 aromatic rings. The van der Waals surface area contributed by atoms with Gasteiger partial charge in [-0.15, -0.1) is 0 Å². The fraction of sp³-hybridized carbons (Fsp3) is 0.455. The van der Waals surface area contributed by atoms with Crippen LogP contribution in [-0.4, -0.2) is 40.9 Å². The fourth-order valence-electron chi connectivity index (χ4n) is 3.87. The summed E-state index contributed by atoms with van der Waals surface area (Å²) in [5.41, 5.74) is 1.05. The highest BCUT2D eigenvalue weighted by Crippen LogP contribution is 2.50. The van der Waals surface area contributed by atoms with E-state index in [1.54, 1.807) is 18.2 Å². The van der Waals surface area contributed by atoms with E-state index in [0.29, 0.717) is 12.5 Å². The van der Waals surface area contributed by atoms with Crippen LogP contribution in [0.5, 0.6) is 0 Å². The monoisotopic (exact) mass is 367 g/mol. The molecule has 5 heteroatoms. The molecule has 0 bridgehead atoms. The second-order valence-corrected chi connectivity index (χ2v) is 7.69. The van der Waals surface area contributed by atoms with Gasteiger partial charge in [0.1, 0.15) is 0 Å². The van der Waals surface area contributed by atoms with Crippen molar-refractivity contribution >= 4 is 17.9 Å². The highest BCUT2D eigenvalue weighted by Gasteiger charge is 2.49. The van der Waals surface area contributed by atoms with Gasteiger partial charge in [-0.25, -0.2) is 0 Å². The molecule has 27 heavy (non-hydrogen) atoms. The van der Waals surface area contributed by atoms with Crippen molar-refractivity contribution in [2.75, 3.05) is 19.6 Å². The highest BCUT2D eigenvalue weighted by atomic mass is 16.2. The van der Waals surface area contributed by atoms with Crippen LogP contribution in [0.4, 0.5) is 0 Å². The molecule has 1 atom stereocenters. The molecule has 1 N–H and O–H groups in total. The number of nitrogens with zero attached hydrogens (tertiary/aromatic N) is 2. The Kier molecular flexibility index (Phi) is 5.99. The summed E-state index contributed by atoms with van der Waals surface area (Å²) in [6, 6.07) is 1.99. The first kappa shape index (κ1) is 19.2. The number of rotatable bonds is 7. The first-order valence-corrected chi connectivity index (χ1v) is 9.68. The third-order valence-corrected chi connectivity index (χ3v) is 5.58. The molecule has 1 aliphatic heterocycles. The molecule has 2 fully saturated rings. The Morgan fingerprint density at radius 2 is 2.11 bits per heavy atom. The molecule has 1 saturated carbocycles. The maximum Gasteiger partial charge on any atom is 0.246 e. The van der Waals surface area contributed by atoms with Gasteiger partial charge in [-0.1, -0.05) is 18.2 Å². The van der Waals surface area contributed by atoms with Crippen LogP contribution in [0.2, 0.25) is 0 Å². The number of aryl methyl sites for hydroxylation is 1. The summed E-state index contributed by atoms with van der Waals surface area (Å²) in [5.74, 6) is 0.607. The minimum Gasteiger partial charge on any atom is -0.357 e. The lowest BCUT2D eigenvalue weighted by Gasteiger charge is -2.29. The Morgan fingerprint density at radius 1 is 1.30 bits per heavy atom. The third kappa shape index (κ3) is 5.00. The lowest BCUT2D eigenvalue weighted by molar-refractivity contribution is -0.125. The number of hydrogen-bond donors (Lipinski definition) is 1. The number of likely N-dealkylation sites (tertiary alicyclic amines) is 1. The summed E-state index contributed by atoms with van der Waals surface area (Å²) in [4.78, 5) is 26.5. The van der Waals surface area contributed by atoms with E-state index in [0.717, 1.165) is 25.1 Å². The SMILES string of the molecule is C/C=C/C=C/C(=O)NCC1(C2CC2)CCN(C(=O)/C=C/c2ccn(C)c2)C1. The molecule has 2 aliphatic rings. The number of hydrogen-bond acceptors (Lipinski definition) is 2. The number of carbonyl (C=O) groups is 2. The van der Waals surface area contributed by atoms with Crippen LogP contribution < -0.4 is 5.32 Å². The molecule has 2 amide bonds. The van der Waals surface area contributed by atoms with Gasteiger partial charge in [0.05, 0.1) is 0 Å². The van der Waals surface area contributed by atoms with Gasteiger partial charge in [-0.2, -0.15) is 0 Å². The molecule has 0 spiro atoms. The van der Waals surface area contributed by atoms with Crippen molar-refractivity contribution in [3.8, 4) is 0 Å². The van der Waals surface area contributed by atoms with Crippen molar-refractivity contribution in [2.24, 2.45) is 18.4 Å². The second-order valence-electron chi connectivity index (χ2n) is 7.69. The summed E-state index contributed by atoms with van der Waals surface area (Å²) in [5, 5.41) is 3.05. The Bertz CT molecular complexity index is 770. The molecule has 3 rings (SSSR count). The zero-order valence-corrected chi connectivity index (χ0v) is 16.2. The van der Waals surface area contributed by atoms with Crippen molar-refractivity contribution in [1.29, 1.82) is 0 Å². The topological polar surface area (TPSA) is 54.3 Å². The Morgan fingerprint density at radius 3 is 2.78 bits per heavy atom. The average molecular weight is 367 g/mol. The standard InChI is InChI=1S/C22H29N3O2/c1-3-4-5-6-20(26)23-16-22(19-8-9-19)12-14-25(17-22)21(27)10-7-18-11-13-24(2)15-18/h3-7,10-11,13,15,19H,8-9,12,14,16-17H2,1-2H3,(H,23,26)/b4-3+,6-5+,10-7+. The van der Waals surface area contributed by atoms with Gasteiger partial charge in [0.15, 0.2) is 0 Å². The zero-order chi connectivity index (χ0) is 19.3. The van der Waals surface area contributed by atoms with Crippen LogP contribution in [0.25, 0.3) is 6.08 Å². The van der Waals surface area contributed by atoms with Crippen LogP contribution in [-0.2, 0) is 16.6 Å². The Labute approximate surface area is 161 Å². The molecule has 0 aromatic carbocycles. The van der Waals surface area contributed by atoms with Crippen molar-refractivity contribution in [3.05, 3.63) is 54.4 Å². The van der Waals surface area contributed by atoms with Crippen LogP contribution in [0.1, 0.15) is 31.7 Å². The van der Waals surface area contributed by atoms with E-state index in [9.17, 15) is 9.59 Å². The number of nitrogens with one attached hydrogen (secondary N) is 1. The second kappa shape index (κ2) is 8.42. The summed E-state index contributed by atoms with van der Waals surface area (Å²) in [7, 11) is 1.96. The van der Waals surface area contributed by atoms with Crippen molar-refractivity contribution < 1.29 is 9.59 Å². The van der Waals surface area contributed by atoms with E-state index in [1.807, 2.05) is 60.1 Å². The maximum atomic E-state index is 12.6. The first-order chi connectivity index (χ1) is 13.0. The van der Waals surface area contributed by atoms with Gasteiger partial charge in [0.2, 0.25) is 11.8 Å². The minimum absolute atomic E-state index is 0.0281. The van der Waals surface area contributed by atoms with Gasteiger partial charge < -0.3 is 14.8 Å². The smallest absolute Gasteiger partial charge is 0.246 e. The molecule has 1 aliphatic carbocycles. The molecule has 0 radical (unpaired) electrons. The molecular formula is C22H29N3O2. The van der Waals surface area contributed by atoms with Crippen LogP contribution in [0, 0.1) is 11.3 Å².